The fourth-order valence-electron chi connectivity index (χ4n) is 1.89. The lowest BCUT2D eigenvalue weighted by atomic mass is 9.98. The van der Waals surface area contributed by atoms with Gasteiger partial charge in [-0.25, -0.2) is 9.18 Å². The first-order valence-corrected chi connectivity index (χ1v) is 6.36. The fraction of sp³-hybridized carbons (Fsp3) is 0.500. The van der Waals surface area contributed by atoms with Gasteiger partial charge in [-0.15, -0.1) is 0 Å². The molecule has 0 heterocycles. The summed E-state index contributed by atoms with van der Waals surface area (Å²) in [6.07, 6.45) is 1.51. The van der Waals surface area contributed by atoms with Crippen molar-refractivity contribution in [2.75, 3.05) is 11.9 Å². The van der Waals surface area contributed by atoms with E-state index < -0.39 is 17.4 Å². The van der Waals surface area contributed by atoms with Crippen molar-refractivity contribution < 1.29 is 14.3 Å². The lowest BCUT2D eigenvalue weighted by Crippen LogP contribution is -2.50. The largest absolute Gasteiger partial charge is 0.394 e. The molecule has 1 unspecified atom stereocenters. The Kier molecular flexibility index (Phi) is 5.30. The Hall–Kier alpha value is -1.62. The van der Waals surface area contributed by atoms with Crippen LogP contribution in [0.25, 0.3) is 0 Å². The van der Waals surface area contributed by atoms with Crippen LogP contribution in [0.2, 0.25) is 0 Å². The summed E-state index contributed by atoms with van der Waals surface area (Å²) in [7, 11) is 0. The van der Waals surface area contributed by atoms with Gasteiger partial charge >= 0.3 is 6.03 Å². The van der Waals surface area contributed by atoms with Gasteiger partial charge in [0.1, 0.15) is 5.82 Å². The number of amides is 2. The van der Waals surface area contributed by atoms with Gasteiger partial charge in [0.25, 0.3) is 0 Å². The lowest BCUT2D eigenvalue weighted by Gasteiger charge is -2.28. The van der Waals surface area contributed by atoms with Gasteiger partial charge in [-0.3, -0.25) is 0 Å². The zero-order valence-corrected chi connectivity index (χ0v) is 11.6. The van der Waals surface area contributed by atoms with Crippen molar-refractivity contribution >= 4 is 11.7 Å². The van der Waals surface area contributed by atoms with E-state index in [1.54, 1.807) is 19.9 Å². The van der Waals surface area contributed by atoms with Crippen LogP contribution < -0.4 is 10.6 Å². The quantitative estimate of drug-likeness (QED) is 0.769. The Balaban J connectivity index is 2.72. The molecule has 0 saturated heterocycles. The summed E-state index contributed by atoms with van der Waals surface area (Å²) in [5.74, 6) is -0.403. The molecule has 1 rings (SSSR count). The summed E-state index contributed by atoms with van der Waals surface area (Å²) in [6.45, 7) is 5.39. The molecule has 3 N–H and O–H groups in total. The first-order valence-electron chi connectivity index (χ1n) is 6.36. The molecule has 0 bridgehead atoms. The number of aliphatic hydroxyl groups is 1. The Morgan fingerprint density at radius 3 is 2.74 bits per heavy atom. The van der Waals surface area contributed by atoms with E-state index in [0.717, 1.165) is 12.0 Å². The monoisotopic (exact) mass is 268 g/mol. The zero-order valence-electron chi connectivity index (χ0n) is 11.6. The number of rotatable bonds is 5. The average Bonchev–Trinajstić information content (AvgIpc) is 2.34. The van der Waals surface area contributed by atoms with E-state index in [4.69, 9.17) is 0 Å². The number of benzene rings is 1. The molecule has 0 spiro atoms. The molecule has 0 aromatic heterocycles. The maximum atomic E-state index is 13.1. The van der Waals surface area contributed by atoms with Gasteiger partial charge in [0.15, 0.2) is 0 Å². The highest BCUT2D eigenvalue weighted by Crippen LogP contribution is 2.17. The molecule has 0 fully saturated rings. The van der Waals surface area contributed by atoms with Crippen LogP contribution in [0.15, 0.2) is 18.2 Å². The van der Waals surface area contributed by atoms with E-state index in [1.807, 2.05) is 6.92 Å². The standard InChI is InChI=1S/C14H21FN2O2/c1-4-7-14(3,9-18)17-13(19)16-12-8-11(15)6-5-10(12)2/h5-6,8,18H,4,7,9H2,1-3H3,(H2,16,17,19). The number of nitrogens with one attached hydrogen (secondary N) is 2. The summed E-state index contributed by atoms with van der Waals surface area (Å²) in [4.78, 5) is 11.9. The molecule has 5 heteroatoms. The van der Waals surface area contributed by atoms with Crippen molar-refractivity contribution in [3.05, 3.63) is 29.6 Å². The minimum atomic E-state index is -0.667. The second kappa shape index (κ2) is 6.52. The maximum absolute atomic E-state index is 13.1. The van der Waals surface area contributed by atoms with Crippen molar-refractivity contribution in [2.24, 2.45) is 0 Å². The van der Waals surface area contributed by atoms with E-state index in [2.05, 4.69) is 10.6 Å². The molecule has 0 radical (unpaired) electrons. The van der Waals surface area contributed by atoms with Crippen molar-refractivity contribution in [2.45, 2.75) is 39.2 Å². The second-order valence-corrected chi connectivity index (χ2v) is 5.01. The predicted octanol–water partition coefficient (Wildman–Crippen LogP) is 2.81. The topological polar surface area (TPSA) is 61.4 Å². The fourth-order valence-corrected chi connectivity index (χ4v) is 1.89. The van der Waals surface area contributed by atoms with Gasteiger partial charge in [0.05, 0.1) is 12.1 Å². The van der Waals surface area contributed by atoms with Gasteiger partial charge in [-0.2, -0.15) is 0 Å². The summed E-state index contributed by atoms with van der Waals surface area (Å²) in [6, 6.07) is 3.76. The van der Waals surface area contributed by atoms with E-state index >= 15 is 0 Å². The third-order valence-corrected chi connectivity index (χ3v) is 3.01. The molecular weight excluding hydrogens is 247 g/mol. The first kappa shape index (κ1) is 15.4. The molecule has 106 valence electrons. The molecule has 0 aliphatic heterocycles. The summed E-state index contributed by atoms with van der Waals surface area (Å²) < 4.78 is 13.1. The molecular formula is C14H21FN2O2. The van der Waals surface area contributed by atoms with Crippen molar-refractivity contribution in [3.63, 3.8) is 0 Å². The van der Waals surface area contributed by atoms with Crippen LogP contribution in [0.4, 0.5) is 14.9 Å². The Labute approximate surface area is 113 Å². The molecule has 2 amide bonds. The summed E-state index contributed by atoms with van der Waals surface area (Å²) >= 11 is 0. The highest BCUT2D eigenvalue weighted by Gasteiger charge is 2.24. The van der Waals surface area contributed by atoms with Crippen LogP contribution in [-0.2, 0) is 0 Å². The van der Waals surface area contributed by atoms with E-state index in [-0.39, 0.29) is 6.61 Å². The molecule has 0 aliphatic carbocycles. The molecule has 0 aliphatic rings. The Morgan fingerprint density at radius 2 is 2.16 bits per heavy atom. The van der Waals surface area contributed by atoms with Gasteiger partial charge in [0, 0.05) is 5.69 Å². The molecule has 19 heavy (non-hydrogen) atoms. The third-order valence-electron chi connectivity index (χ3n) is 3.01. The van der Waals surface area contributed by atoms with Gasteiger partial charge in [-0.1, -0.05) is 19.4 Å². The normalized spacial score (nSPS) is 13.7. The molecule has 1 aromatic carbocycles. The summed E-state index contributed by atoms with van der Waals surface area (Å²) in [5, 5.41) is 14.6. The highest BCUT2D eigenvalue weighted by atomic mass is 19.1. The van der Waals surface area contributed by atoms with Crippen molar-refractivity contribution in [3.8, 4) is 0 Å². The van der Waals surface area contributed by atoms with E-state index in [9.17, 15) is 14.3 Å². The number of urea groups is 1. The number of carbonyl (C=O) groups is 1. The maximum Gasteiger partial charge on any atom is 0.319 e. The van der Waals surface area contributed by atoms with Crippen molar-refractivity contribution in [1.82, 2.24) is 5.32 Å². The van der Waals surface area contributed by atoms with Crippen molar-refractivity contribution in [1.29, 1.82) is 0 Å². The average molecular weight is 268 g/mol. The minimum Gasteiger partial charge on any atom is -0.394 e. The first-order chi connectivity index (χ1) is 8.90. The molecule has 1 aromatic rings. The number of hydrogen-bond acceptors (Lipinski definition) is 2. The number of hydrogen-bond donors (Lipinski definition) is 3. The predicted molar refractivity (Wildman–Crippen MR) is 73.7 cm³/mol. The number of halogens is 1. The van der Waals surface area contributed by atoms with Gasteiger partial charge in [0.2, 0.25) is 0 Å². The Bertz CT molecular complexity index is 451. The van der Waals surface area contributed by atoms with Crippen LogP contribution in [0.1, 0.15) is 32.3 Å². The second-order valence-electron chi connectivity index (χ2n) is 5.01. The number of aryl methyl sites for hydroxylation is 1. The minimum absolute atomic E-state index is 0.142. The third kappa shape index (κ3) is 4.52. The number of aliphatic hydroxyl groups excluding tert-OH is 1. The lowest BCUT2D eigenvalue weighted by molar-refractivity contribution is 0.167. The van der Waals surface area contributed by atoms with Gasteiger partial charge < -0.3 is 15.7 Å². The molecule has 1 atom stereocenters. The highest BCUT2D eigenvalue weighted by molar-refractivity contribution is 5.90. The zero-order chi connectivity index (χ0) is 14.5. The van der Waals surface area contributed by atoms with E-state index in [0.29, 0.717) is 12.1 Å². The Morgan fingerprint density at radius 1 is 1.47 bits per heavy atom. The molecule has 4 nitrogen and oxygen atoms in total. The number of carbonyl (C=O) groups excluding carboxylic acids is 1. The SMILES string of the molecule is CCCC(C)(CO)NC(=O)Nc1cc(F)ccc1C. The smallest absolute Gasteiger partial charge is 0.319 e. The van der Waals surface area contributed by atoms with Gasteiger partial charge in [-0.05, 0) is 38.0 Å². The van der Waals surface area contributed by atoms with E-state index in [1.165, 1.54) is 12.1 Å². The van der Waals surface area contributed by atoms with Crippen LogP contribution in [0.3, 0.4) is 0 Å². The number of anilines is 1. The van der Waals surface area contributed by atoms with Crippen LogP contribution >= 0.6 is 0 Å². The molecule has 0 saturated carbocycles. The van der Waals surface area contributed by atoms with Crippen LogP contribution in [-0.4, -0.2) is 23.3 Å². The van der Waals surface area contributed by atoms with Crippen LogP contribution in [0, 0.1) is 12.7 Å². The summed E-state index contributed by atoms with van der Waals surface area (Å²) in [5.41, 5.74) is 0.534. The van der Waals surface area contributed by atoms with Crippen LogP contribution in [0.5, 0.6) is 0 Å².